The molecule has 2 aromatic rings. The second-order valence-corrected chi connectivity index (χ2v) is 6.59. The highest BCUT2D eigenvalue weighted by Crippen LogP contribution is 2.25. The quantitative estimate of drug-likeness (QED) is 0.929. The first-order valence-corrected chi connectivity index (χ1v) is 8.61. The molecule has 0 saturated carbocycles. The number of likely N-dealkylation sites (tertiary alicyclic amines) is 1. The van der Waals surface area contributed by atoms with Gasteiger partial charge in [0, 0.05) is 18.3 Å². The monoisotopic (exact) mass is 322 g/mol. The smallest absolute Gasteiger partial charge is 0.322 e. The van der Waals surface area contributed by atoms with Crippen molar-refractivity contribution in [3.05, 3.63) is 65.2 Å². The van der Waals surface area contributed by atoms with Gasteiger partial charge >= 0.3 is 6.03 Å². The van der Waals surface area contributed by atoms with Crippen molar-refractivity contribution in [2.75, 3.05) is 11.9 Å². The minimum absolute atomic E-state index is 0.00676. The number of rotatable bonds is 3. The van der Waals surface area contributed by atoms with Gasteiger partial charge in [0.05, 0.1) is 13.2 Å². The molecule has 4 rings (SSSR count). The van der Waals surface area contributed by atoms with Crippen LogP contribution in [-0.4, -0.2) is 23.5 Å². The molecule has 0 aliphatic carbocycles. The zero-order chi connectivity index (χ0) is 16.4. The number of amides is 2. The van der Waals surface area contributed by atoms with Gasteiger partial charge in [-0.05, 0) is 48.1 Å². The Hall–Kier alpha value is -2.33. The maximum Gasteiger partial charge on any atom is 0.322 e. The zero-order valence-electron chi connectivity index (χ0n) is 13.7. The van der Waals surface area contributed by atoms with Crippen LogP contribution in [0, 0.1) is 0 Å². The van der Waals surface area contributed by atoms with Crippen molar-refractivity contribution < 1.29 is 9.53 Å². The van der Waals surface area contributed by atoms with Gasteiger partial charge in [-0.2, -0.15) is 0 Å². The van der Waals surface area contributed by atoms with Gasteiger partial charge in [0.1, 0.15) is 0 Å². The molecule has 0 spiro atoms. The van der Waals surface area contributed by atoms with Crippen LogP contribution in [0.25, 0.3) is 0 Å². The third-order valence-electron chi connectivity index (χ3n) is 4.92. The van der Waals surface area contributed by atoms with Crippen LogP contribution in [0.1, 0.15) is 29.5 Å². The molecule has 1 saturated heterocycles. The minimum atomic E-state index is 0.00676. The summed E-state index contributed by atoms with van der Waals surface area (Å²) in [4.78, 5) is 14.7. The van der Waals surface area contributed by atoms with Gasteiger partial charge in [0.25, 0.3) is 0 Å². The summed E-state index contributed by atoms with van der Waals surface area (Å²) in [6, 6.07) is 16.7. The maximum atomic E-state index is 12.7. The normalized spacial score (nSPS) is 19.3. The summed E-state index contributed by atoms with van der Waals surface area (Å²) in [6.45, 7) is 2.14. The molecule has 2 aromatic carbocycles. The molecule has 1 fully saturated rings. The topological polar surface area (TPSA) is 41.6 Å². The molecular weight excluding hydrogens is 300 g/mol. The zero-order valence-corrected chi connectivity index (χ0v) is 13.7. The fourth-order valence-electron chi connectivity index (χ4n) is 3.65. The summed E-state index contributed by atoms with van der Waals surface area (Å²) in [5.41, 5.74) is 4.54. The molecule has 2 amide bonds. The fraction of sp³-hybridized carbons (Fsp3) is 0.350. The van der Waals surface area contributed by atoms with Gasteiger partial charge in [-0.3, -0.25) is 0 Å². The molecule has 2 aliphatic heterocycles. The molecule has 2 aliphatic rings. The van der Waals surface area contributed by atoms with E-state index in [0.717, 1.165) is 31.5 Å². The number of hydrogen-bond acceptors (Lipinski definition) is 2. The van der Waals surface area contributed by atoms with Gasteiger partial charge < -0.3 is 15.0 Å². The molecule has 1 atom stereocenters. The lowest BCUT2D eigenvalue weighted by Crippen LogP contribution is -2.39. The molecule has 2 heterocycles. The van der Waals surface area contributed by atoms with E-state index in [9.17, 15) is 4.79 Å². The average molecular weight is 322 g/mol. The summed E-state index contributed by atoms with van der Waals surface area (Å²) in [5.74, 6) is 0. The van der Waals surface area contributed by atoms with Crippen molar-refractivity contribution in [2.45, 2.75) is 38.5 Å². The second kappa shape index (κ2) is 6.65. The predicted molar refractivity (Wildman–Crippen MR) is 93.8 cm³/mol. The summed E-state index contributed by atoms with van der Waals surface area (Å²) in [5, 5.41) is 3.06. The summed E-state index contributed by atoms with van der Waals surface area (Å²) < 4.78 is 5.44. The van der Waals surface area contributed by atoms with Crippen LogP contribution in [0.4, 0.5) is 10.5 Å². The van der Waals surface area contributed by atoms with Gasteiger partial charge in [-0.1, -0.05) is 36.4 Å². The number of nitrogens with one attached hydrogen (secondary N) is 1. The van der Waals surface area contributed by atoms with E-state index in [-0.39, 0.29) is 12.1 Å². The SMILES string of the molecule is O=C(Nc1ccc2c(c1)COC2)N1CCCC1Cc1ccccc1. The highest BCUT2D eigenvalue weighted by atomic mass is 16.5. The van der Waals surface area contributed by atoms with E-state index in [2.05, 4.69) is 29.6 Å². The Morgan fingerprint density at radius 2 is 1.96 bits per heavy atom. The largest absolute Gasteiger partial charge is 0.372 e. The number of carbonyl (C=O) groups is 1. The van der Waals surface area contributed by atoms with E-state index in [1.54, 1.807) is 0 Å². The van der Waals surface area contributed by atoms with Crippen LogP contribution < -0.4 is 5.32 Å². The van der Waals surface area contributed by atoms with E-state index in [4.69, 9.17) is 4.74 Å². The Morgan fingerprint density at radius 3 is 2.83 bits per heavy atom. The number of ether oxygens (including phenoxy) is 1. The first-order valence-electron chi connectivity index (χ1n) is 8.61. The Kier molecular flexibility index (Phi) is 4.22. The number of benzene rings is 2. The van der Waals surface area contributed by atoms with Gasteiger partial charge in [0.2, 0.25) is 0 Å². The van der Waals surface area contributed by atoms with E-state index in [1.807, 2.05) is 29.2 Å². The molecular formula is C20H22N2O2. The molecule has 1 unspecified atom stereocenters. The number of nitrogens with zero attached hydrogens (tertiary/aromatic N) is 1. The molecule has 0 radical (unpaired) electrons. The van der Waals surface area contributed by atoms with Crippen LogP contribution in [0.15, 0.2) is 48.5 Å². The predicted octanol–water partition coefficient (Wildman–Crippen LogP) is 3.96. The highest BCUT2D eigenvalue weighted by Gasteiger charge is 2.29. The molecule has 0 aromatic heterocycles. The van der Waals surface area contributed by atoms with Gasteiger partial charge in [-0.25, -0.2) is 4.79 Å². The lowest BCUT2D eigenvalue weighted by Gasteiger charge is -2.25. The Morgan fingerprint density at radius 1 is 1.12 bits per heavy atom. The number of anilines is 1. The van der Waals surface area contributed by atoms with Crippen LogP contribution >= 0.6 is 0 Å². The van der Waals surface area contributed by atoms with Crippen LogP contribution in [-0.2, 0) is 24.4 Å². The number of hydrogen-bond donors (Lipinski definition) is 1. The van der Waals surface area contributed by atoms with Crippen molar-refractivity contribution in [3.63, 3.8) is 0 Å². The highest BCUT2D eigenvalue weighted by molar-refractivity contribution is 5.90. The standard InChI is InChI=1S/C20H22N2O2/c23-20(21-18-9-8-16-13-24-14-17(16)12-18)22-10-4-7-19(22)11-15-5-2-1-3-6-15/h1-3,5-6,8-9,12,19H,4,7,10-11,13-14H2,(H,21,23). The third kappa shape index (κ3) is 3.15. The molecule has 1 N–H and O–H groups in total. The van der Waals surface area contributed by atoms with Crippen molar-refractivity contribution in [3.8, 4) is 0 Å². The van der Waals surface area contributed by atoms with Crippen molar-refractivity contribution >= 4 is 11.7 Å². The lowest BCUT2D eigenvalue weighted by molar-refractivity contribution is 0.134. The average Bonchev–Trinajstić information content (AvgIpc) is 3.24. The van der Waals surface area contributed by atoms with Crippen molar-refractivity contribution in [1.29, 1.82) is 0 Å². The summed E-state index contributed by atoms with van der Waals surface area (Å²) in [6.07, 6.45) is 3.07. The molecule has 4 nitrogen and oxygen atoms in total. The third-order valence-corrected chi connectivity index (χ3v) is 4.92. The Balaban J connectivity index is 1.43. The van der Waals surface area contributed by atoms with Crippen LogP contribution in [0.3, 0.4) is 0 Å². The summed E-state index contributed by atoms with van der Waals surface area (Å²) >= 11 is 0. The van der Waals surface area contributed by atoms with E-state index in [1.165, 1.54) is 16.7 Å². The lowest BCUT2D eigenvalue weighted by atomic mass is 10.0. The molecule has 24 heavy (non-hydrogen) atoms. The van der Waals surface area contributed by atoms with Crippen LogP contribution in [0.2, 0.25) is 0 Å². The number of urea groups is 1. The molecule has 0 bridgehead atoms. The molecule has 4 heteroatoms. The van der Waals surface area contributed by atoms with Gasteiger partial charge in [0.15, 0.2) is 0 Å². The van der Waals surface area contributed by atoms with E-state index in [0.29, 0.717) is 13.2 Å². The maximum absolute atomic E-state index is 12.7. The first kappa shape index (κ1) is 15.2. The van der Waals surface area contributed by atoms with Crippen molar-refractivity contribution in [1.82, 2.24) is 4.90 Å². The molecule has 124 valence electrons. The Bertz CT molecular complexity index is 730. The van der Waals surface area contributed by atoms with Crippen molar-refractivity contribution in [2.24, 2.45) is 0 Å². The van der Waals surface area contributed by atoms with E-state index < -0.39 is 0 Å². The first-order chi connectivity index (χ1) is 11.8. The van der Waals surface area contributed by atoms with Gasteiger partial charge in [-0.15, -0.1) is 0 Å². The van der Waals surface area contributed by atoms with Crippen LogP contribution in [0.5, 0.6) is 0 Å². The summed E-state index contributed by atoms with van der Waals surface area (Å²) in [7, 11) is 0. The minimum Gasteiger partial charge on any atom is -0.372 e. The Labute approximate surface area is 142 Å². The fourth-order valence-corrected chi connectivity index (χ4v) is 3.65. The number of carbonyl (C=O) groups excluding carboxylic acids is 1. The number of fused-ring (bicyclic) bond motifs is 1. The van der Waals surface area contributed by atoms with E-state index >= 15 is 0 Å². The second-order valence-electron chi connectivity index (χ2n) is 6.59.